The van der Waals surface area contributed by atoms with E-state index in [2.05, 4.69) is 0 Å². The first-order valence-corrected chi connectivity index (χ1v) is 6.08. The van der Waals surface area contributed by atoms with Gasteiger partial charge in [0, 0.05) is 11.1 Å². The predicted octanol–water partition coefficient (Wildman–Crippen LogP) is 3.12. The molecule has 1 aliphatic carbocycles. The third-order valence-corrected chi connectivity index (χ3v) is 3.52. The number of ketones is 2. The van der Waals surface area contributed by atoms with Gasteiger partial charge in [-0.1, -0.05) is 35.9 Å². The molecule has 0 N–H and O–H groups in total. The van der Waals surface area contributed by atoms with Crippen LogP contribution in [0.25, 0.3) is 0 Å². The molecule has 2 aromatic carbocycles. The number of fused-ring (bicyclic) bond motifs is 2. The first-order chi connectivity index (χ1) is 9.15. The van der Waals surface area contributed by atoms with Crippen molar-refractivity contribution in [1.29, 1.82) is 0 Å². The Morgan fingerprint density at radius 3 is 2.05 bits per heavy atom. The fourth-order valence-corrected chi connectivity index (χ4v) is 2.57. The summed E-state index contributed by atoms with van der Waals surface area (Å²) in [5.74, 6) is -0.106. The molecule has 0 saturated carbocycles. The van der Waals surface area contributed by atoms with Crippen molar-refractivity contribution in [2.75, 3.05) is 7.11 Å². The number of carbonyl (C=O) groups excluding carboxylic acids is 2. The van der Waals surface area contributed by atoms with E-state index in [0.717, 1.165) is 0 Å². The molecule has 0 bridgehead atoms. The molecule has 0 unspecified atom stereocenters. The molecule has 0 aromatic heterocycles. The smallest absolute Gasteiger partial charge is 0.198 e. The molecule has 3 nitrogen and oxygen atoms in total. The topological polar surface area (TPSA) is 43.4 Å². The molecule has 4 heteroatoms. The zero-order valence-corrected chi connectivity index (χ0v) is 10.8. The third-order valence-electron chi connectivity index (χ3n) is 3.21. The lowest BCUT2D eigenvalue weighted by molar-refractivity contribution is 0.0976. The molecule has 0 spiro atoms. The van der Waals surface area contributed by atoms with Crippen LogP contribution in [-0.2, 0) is 0 Å². The summed E-state index contributed by atoms with van der Waals surface area (Å²) in [6, 6.07) is 9.89. The minimum absolute atomic E-state index is 0.227. The lowest BCUT2D eigenvalue weighted by atomic mass is 9.83. The van der Waals surface area contributed by atoms with Gasteiger partial charge in [0.1, 0.15) is 5.75 Å². The Kier molecular flexibility index (Phi) is 2.64. The molecule has 0 amide bonds. The summed E-state index contributed by atoms with van der Waals surface area (Å²) >= 11 is 6.07. The van der Waals surface area contributed by atoms with Crippen LogP contribution in [0, 0.1) is 0 Å². The first-order valence-electron chi connectivity index (χ1n) is 5.70. The van der Waals surface area contributed by atoms with Gasteiger partial charge in [-0.25, -0.2) is 0 Å². The number of rotatable bonds is 1. The highest BCUT2D eigenvalue weighted by Gasteiger charge is 2.33. The highest BCUT2D eigenvalue weighted by Crippen LogP contribution is 2.36. The summed E-state index contributed by atoms with van der Waals surface area (Å²) in [7, 11) is 1.46. The van der Waals surface area contributed by atoms with Gasteiger partial charge in [0.05, 0.1) is 23.3 Å². The molecule has 0 heterocycles. The Bertz CT molecular complexity index is 719. The number of carbonyl (C=O) groups is 2. The zero-order valence-electron chi connectivity index (χ0n) is 10.1. The fourth-order valence-electron chi connectivity index (χ4n) is 2.32. The summed E-state index contributed by atoms with van der Waals surface area (Å²) in [6.45, 7) is 0. The summed E-state index contributed by atoms with van der Waals surface area (Å²) in [4.78, 5) is 24.9. The summed E-state index contributed by atoms with van der Waals surface area (Å²) in [6.07, 6.45) is 0. The van der Waals surface area contributed by atoms with Crippen LogP contribution in [0.4, 0.5) is 0 Å². The van der Waals surface area contributed by atoms with Gasteiger partial charge in [-0.05, 0) is 12.1 Å². The Morgan fingerprint density at radius 1 is 0.895 bits per heavy atom. The van der Waals surface area contributed by atoms with E-state index in [1.807, 2.05) is 0 Å². The molecule has 94 valence electrons. The highest BCUT2D eigenvalue weighted by molar-refractivity contribution is 6.39. The zero-order chi connectivity index (χ0) is 13.6. The SMILES string of the molecule is COc1ccc(Cl)c2c1C(=O)c1ccccc1C2=O. The largest absolute Gasteiger partial charge is 0.496 e. The second-order valence-electron chi connectivity index (χ2n) is 4.20. The van der Waals surface area contributed by atoms with Crippen molar-refractivity contribution in [2.45, 2.75) is 0 Å². The molecule has 0 atom stereocenters. The quantitative estimate of drug-likeness (QED) is 0.683. The second kappa shape index (κ2) is 4.21. The lowest BCUT2D eigenvalue weighted by Gasteiger charge is -2.20. The number of halogens is 1. The van der Waals surface area contributed by atoms with E-state index in [4.69, 9.17) is 16.3 Å². The maximum Gasteiger partial charge on any atom is 0.198 e. The predicted molar refractivity (Wildman–Crippen MR) is 71.3 cm³/mol. The van der Waals surface area contributed by atoms with Gasteiger partial charge in [0.25, 0.3) is 0 Å². The standard InChI is InChI=1S/C15H9ClO3/c1-19-11-7-6-10(16)12-13(11)15(18)9-5-3-2-4-8(9)14(12)17/h2-7H,1H3. The number of benzene rings is 2. The van der Waals surface area contributed by atoms with E-state index in [0.29, 0.717) is 16.9 Å². The van der Waals surface area contributed by atoms with Crippen LogP contribution >= 0.6 is 11.6 Å². The molecule has 0 saturated heterocycles. The first kappa shape index (κ1) is 11.9. The van der Waals surface area contributed by atoms with Gasteiger partial charge in [0.15, 0.2) is 11.6 Å². The monoisotopic (exact) mass is 272 g/mol. The molecule has 2 aromatic rings. The van der Waals surface area contributed by atoms with Crippen LogP contribution in [0.2, 0.25) is 5.02 Å². The van der Waals surface area contributed by atoms with Crippen molar-refractivity contribution in [2.24, 2.45) is 0 Å². The molecular formula is C15H9ClO3. The molecule has 3 rings (SSSR count). The van der Waals surface area contributed by atoms with Crippen LogP contribution < -0.4 is 4.74 Å². The van der Waals surface area contributed by atoms with Crippen molar-refractivity contribution in [1.82, 2.24) is 0 Å². The maximum atomic E-state index is 12.5. The Hall–Kier alpha value is -2.13. The summed E-state index contributed by atoms with van der Waals surface area (Å²) in [5, 5.41) is 0.267. The highest BCUT2D eigenvalue weighted by atomic mass is 35.5. The van der Waals surface area contributed by atoms with E-state index in [9.17, 15) is 9.59 Å². The van der Waals surface area contributed by atoms with E-state index < -0.39 is 0 Å². The van der Waals surface area contributed by atoms with E-state index in [1.165, 1.54) is 7.11 Å². The minimum atomic E-state index is -0.242. The molecule has 0 radical (unpaired) electrons. The Morgan fingerprint density at radius 2 is 1.47 bits per heavy atom. The van der Waals surface area contributed by atoms with E-state index in [1.54, 1.807) is 36.4 Å². The number of ether oxygens (including phenoxy) is 1. The maximum absolute atomic E-state index is 12.5. The number of methoxy groups -OCH3 is 1. The van der Waals surface area contributed by atoms with E-state index in [-0.39, 0.29) is 27.7 Å². The molecule has 19 heavy (non-hydrogen) atoms. The van der Waals surface area contributed by atoms with Crippen molar-refractivity contribution in [3.8, 4) is 5.75 Å². The van der Waals surface area contributed by atoms with Gasteiger partial charge < -0.3 is 4.74 Å². The van der Waals surface area contributed by atoms with Crippen molar-refractivity contribution >= 4 is 23.2 Å². The minimum Gasteiger partial charge on any atom is -0.496 e. The normalized spacial score (nSPS) is 12.9. The van der Waals surface area contributed by atoms with Crippen LogP contribution in [0.5, 0.6) is 5.75 Å². The lowest BCUT2D eigenvalue weighted by Crippen LogP contribution is -2.22. The molecular weight excluding hydrogens is 264 g/mol. The molecule has 0 fully saturated rings. The van der Waals surface area contributed by atoms with Crippen molar-refractivity contribution < 1.29 is 14.3 Å². The van der Waals surface area contributed by atoms with Gasteiger partial charge in [-0.15, -0.1) is 0 Å². The van der Waals surface area contributed by atoms with Crippen LogP contribution in [-0.4, -0.2) is 18.7 Å². The third kappa shape index (κ3) is 1.59. The van der Waals surface area contributed by atoms with Crippen molar-refractivity contribution in [3.05, 3.63) is 63.7 Å². The van der Waals surface area contributed by atoms with Gasteiger partial charge in [-0.3, -0.25) is 9.59 Å². The second-order valence-corrected chi connectivity index (χ2v) is 4.61. The fraction of sp³-hybridized carbons (Fsp3) is 0.0667. The average Bonchev–Trinajstić information content (AvgIpc) is 2.44. The number of hydrogen-bond acceptors (Lipinski definition) is 3. The van der Waals surface area contributed by atoms with Gasteiger partial charge >= 0.3 is 0 Å². The van der Waals surface area contributed by atoms with E-state index >= 15 is 0 Å². The summed E-state index contributed by atoms with van der Waals surface area (Å²) < 4.78 is 5.17. The molecule has 0 aliphatic heterocycles. The molecule has 1 aliphatic rings. The Labute approximate surface area is 114 Å². The average molecular weight is 273 g/mol. The summed E-state index contributed by atoms with van der Waals surface area (Å²) in [5.41, 5.74) is 1.25. The Balaban J connectivity index is 2.38. The van der Waals surface area contributed by atoms with Crippen LogP contribution in [0.1, 0.15) is 31.8 Å². The van der Waals surface area contributed by atoms with Gasteiger partial charge in [0.2, 0.25) is 0 Å². The van der Waals surface area contributed by atoms with Crippen molar-refractivity contribution in [3.63, 3.8) is 0 Å². The van der Waals surface area contributed by atoms with Crippen LogP contribution in [0.3, 0.4) is 0 Å². The van der Waals surface area contributed by atoms with Gasteiger partial charge in [-0.2, -0.15) is 0 Å². The van der Waals surface area contributed by atoms with Crippen LogP contribution in [0.15, 0.2) is 36.4 Å². The number of hydrogen-bond donors (Lipinski definition) is 0.